The zero-order valence-electron chi connectivity index (χ0n) is 12.2. The zero-order valence-corrected chi connectivity index (χ0v) is 13.0. The van der Waals surface area contributed by atoms with Gasteiger partial charge in [0.1, 0.15) is 0 Å². The van der Waals surface area contributed by atoms with Crippen LogP contribution in [0.1, 0.15) is 50.6 Å². The summed E-state index contributed by atoms with van der Waals surface area (Å²) in [6.45, 7) is 0.0487. The summed E-state index contributed by atoms with van der Waals surface area (Å²) in [4.78, 5) is 4.36. The maximum absolute atomic E-state index is 9.18. The molecule has 1 unspecified atom stereocenters. The minimum atomic E-state index is 0.0487. The Bertz CT molecular complexity index is 455. The molecule has 1 atom stereocenters. The molecule has 2 heterocycles. The molecule has 3 rings (SSSR count). The summed E-state index contributed by atoms with van der Waals surface area (Å²) in [6.07, 6.45) is 11.1. The second kappa shape index (κ2) is 6.08. The van der Waals surface area contributed by atoms with Gasteiger partial charge in [0.2, 0.25) is 0 Å². The molecule has 112 valence electrons. The molecule has 0 radical (unpaired) electrons. The zero-order chi connectivity index (χ0) is 14.0. The van der Waals surface area contributed by atoms with Crippen molar-refractivity contribution in [3.63, 3.8) is 0 Å². The average Bonchev–Trinajstić information content (AvgIpc) is 3.02. The minimum Gasteiger partial charge on any atom is -0.390 e. The SMILES string of the molecule is Cn1c(CO)cnc1SCC1CCC2(CCCCC2)O1. The van der Waals surface area contributed by atoms with Crippen molar-refractivity contribution in [1.29, 1.82) is 0 Å². The van der Waals surface area contributed by atoms with Crippen molar-refractivity contribution < 1.29 is 9.84 Å². The third-order valence-electron chi connectivity index (χ3n) is 4.71. The number of aliphatic hydroxyl groups is 1. The van der Waals surface area contributed by atoms with Crippen molar-refractivity contribution in [2.24, 2.45) is 7.05 Å². The standard InChI is InChI=1S/C15H24N2O2S/c1-17-12(10-18)9-16-14(17)20-11-13-5-8-15(19-13)6-3-2-4-7-15/h9,13,18H,2-8,10-11H2,1H3. The number of nitrogens with zero attached hydrogens (tertiary/aromatic N) is 2. The van der Waals surface area contributed by atoms with E-state index < -0.39 is 0 Å². The molecular formula is C15H24N2O2S. The highest BCUT2D eigenvalue weighted by molar-refractivity contribution is 7.99. The summed E-state index contributed by atoms with van der Waals surface area (Å²) in [5.74, 6) is 0.970. The van der Waals surface area contributed by atoms with Gasteiger partial charge in [-0.15, -0.1) is 0 Å². The molecule has 1 aromatic heterocycles. The lowest BCUT2D eigenvalue weighted by molar-refractivity contribution is -0.0555. The molecule has 4 nitrogen and oxygen atoms in total. The van der Waals surface area contributed by atoms with Crippen molar-refractivity contribution in [1.82, 2.24) is 9.55 Å². The molecule has 1 spiro atoms. The fraction of sp³-hybridized carbons (Fsp3) is 0.800. The molecule has 1 aromatic rings. The third kappa shape index (κ3) is 2.90. The summed E-state index contributed by atoms with van der Waals surface area (Å²) < 4.78 is 8.35. The Morgan fingerprint density at radius 1 is 1.40 bits per heavy atom. The van der Waals surface area contributed by atoms with E-state index >= 15 is 0 Å². The fourth-order valence-corrected chi connectivity index (χ4v) is 4.46. The second-order valence-corrected chi connectivity index (χ2v) is 7.07. The monoisotopic (exact) mass is 296 g/mol. The number of imidazole rings is 1. The molecule has 0 bridgehead atoms. The summed E-state index contributed by atoms with van der Waals surface area (Å²) in [6, 6.07) is 0. The van der Waals surface area contributed by atoms with E-state index in [1.807, 2.05) is 11.6 Å². The first-order valence-corrected chi connectivity index (χ1v) is 8.63. The number of aliphatic hydroxyl groups excluding tert-OH is 1. The van der Waals surface area contributed by atoms with Crippen LogP contribution in [-0.4, -0.2) is 32.1 Å². The number of rotatable bonds is 4. The van der Waals surface area contributed by atoms with Crippen molar-refractivity contribution in [2.75, 3.05) is 5.75 Å². The Hall–Kier alpha value is -0.520. The van der Waals surface area contributed by atoms with Gasteiger partial charge < -0.3 is 14.4 Å². The highest BCUT2D eigenvalue weighted by Gasteiger charge is 2.40. The first-order valence-electron chi connectivity index (χ1n) is 7.64. The Labute approximate surface area is 124 Å². The third-order valence-corrected chi connectivity index (χ3v) is 5.88. The van der Waals surface area contributed by atoms with Gasteiger partial charge in [-0.25, -0.2) is 4.98 Å². The molecule has 1 N–H and O–H groups in total. The van der Waals surface area contributed by atoms with Crippen LogP contribution in [0.3, 0.4) is 0 Å². The lowest BCUT2D eigenvalue weighted by Gasteiger charge is -2.33. The molecule has 1 aliphatic heterocycles. The summed E-state index contributed by atoms with van der Waals surface area (Å²) >= 11 is 1.74. The van der Waals surface area contributed by atoms with Crippen LogP contribution in [0.5, 0.6) is 0 Å². The van der Waals surface area contributed by atoms with Crippen LogP contribution in [0.2, 0.25) is 0 Å². The van der Waals surface area contributed by atoms with Gasteiger partial charge in [0.05, 0.1) is 30.2 Å². The van der Waals surface area contributed by atoms with Crippen molar-refractivity contribution in [2.45, 2.75) is 68.4 Å². The second-order valence-electron chi connectivity index (χ2n) is 6.08. The van der Waals surface area contributed by atoms with Gasteiger partial charge in [0.25, 0.3) is 0 Å². The largest absolute Gasteiger partial charge is 0.390 e. The van der Waals surface area contributed by atoms with Gasteiger partial charge in [-0.3, -0.25) is 0 Å². The van der Waals surface area contributed by atoms with Gasteiger partial charge in [0.15, 0.2) is 5.16 Å². The van der Waals surface area contributed by atoms with Gasteiger partial charge >= 0.3 is 0 Å². The van der Waals surface area contributed by atoms with E-state index in [1.54, 1.807) is 18.0 Å². The van der Waals surface area contributed by atoms with Crippen LogP contribution in [-0.2, 0) is 18.4 Å². The molecule has 2 fully saturated rings. The van der Waals surface area contributed by atoms with Crippen LogP contribution < -0.4 is 0 Å². The highest BCUT2D eigenvalue weighted by Crippen LogP contribution is 2.42. The molecule has 1 saturated heterocycles. The van der Waals surface area contributed by atoms with Crippen LogP contribution in [0.25, 0.3) is 0 Å². The quantitative estimate of drug-likeness (QED) is 0.868. The summed E-state index contributed by atoms with van der Waals surface area (Å²) in [5.41, 5.74) is 1.07. The van der Waals surface area contributed by atoms with E-state index in [9.17, 15) is 5.11 Å². The number of hydrogen-bond donors (Lipinski definition) is 1. The molecule has 5 heteroatoms. The van der Waals surface area contributed by atoms with E-state index in [4.69, 9.17) is 4.74 Å². The normalized spacial score (nSPS) is 25.4. The highest BCUT2D eigenvalue weighted by atomic mass is 32.2. The Kier molecular flexibility index (Phi) is 4.38. The molecule has 0 aromatic carbocycles. The van der Waals surface area contributed by atoms with E-state index in [1.165, 1.54) is 44.9 Å². The number of aromatic nitrogens is 2. The average molecular weight is 296 g/mol. The Morgan fingerprint density at radius 2 is 2.20 bits per heavy atom. The summed E-state index contributed by atoms with van der Waals surface area (Å²) in [5, 5.41) is 10.2. The maximum atomic E-state index is 9.18. The maximum Gasteiger partial charge on any atom is 0.168 e. The first-order chi connectivity index (χ1) is 9.72. The Balaban J connectivity index is 1.53. The molecule has 20 heavy (non-hydrogen) atoms. The van der Waals surface area contributed by atoms with Crippen molar-refractivity contribution >= 4 is 11.8 Å². The van der Waals surface area contributed by atoms with Crippen LogP contribution in [0.15, 0.2) is 11.4 Å². The van der Waals surface area contributed by atoms with E-state index in [0.29, 0.717) is 6.10 Å². The van der Waals surface area contributed by atoms with E-state index in [2.05, 4.69) is 4.98 Å². The molecule has 1 aliphatic carbocycles. The Morgan fingerprint density at radius 3 is 2.90 bits per heavy atom. The van der Waals surface area contributed by atoms with Gasteiger partial charge in [-0.2, -0.15) is 0 Å². The number of hydrogen-bond acceptors (Lipinski definition) is 4. The minimum absolute atomic E-state index is 0.0487. The van der Waals surface area contributed by atoms with Crippen LogP contribution in [0, 0.1) is 0 Å². The summed E-state index contributed by atoms with van der Waals surface area (Å²) in [7, 11) is 1.96. The predicted octanol–water partition coefficient (Wildman–Crippen LogP) is 2.89. The lowest BCUT2D eigenvalue weighted by Crippen LogP contribution is -2.32. The fourth-order valence-electron chi connectivity index (χ4n) is 3.45. The van der Waals surface area contributed by atoms with Crippen LogP contribution in [0.4, 0.5) is 0 Å². The number of thioether (sulfide) groups is 1. The molecule has 0 amide bonds. The number of ether oxygens (including phenoxy) is 1. The van der Waals surface area contributed by atoms with Gasteiger partial charge in [-0.1, -0.05) is 31.0 Å². The topological polar surface area (TPSA) is 47.3 Å². The molecular weight excluding hydrogens is 272 g/mol. The van der Waals surface area contributed by atoms with Crippen molar-refractivity contribution in [3.8, 4) is 0 Å². The molecule has 2 aliphatic rings. The lowest BCUT2D eigenvalue weighted by atomic mass is 9.83. The van der Waals surface area contributed by atoms with E-state index in [-0.39, 0.29) is 12.2 Å². The molecule has 1 saturated carbocycles. The smallest absolute Gasteiger partial charge is 0.168 e. The van der Waals surface area contributed by atoms with Gasteiger partial charge in [-0.05, 0) is 25.7 Å². The predicted molar refractivity (Wildman–Crippen MR) is 79.8 cm³/mol. The first kappa shape index (κ1) is 14.4. The van der Waals surface area contributed by atoms with Gasteiger partial charge in [0, 0.05) is 12.8 Å². The van der Waals surface area contributed by atoms with Crippen LogP contribution >= 0.6 is 11.8 Å². The van der Waals surface area contributed by atoms with E-state index in [0.717, 1.165) is 16.6 Å². The van der Waals surface area contributed by atoms with Crippen molar-refractivity contribution in [3.05, 3.63) is 11.9 Å².